The Hall–Kier alpha value is -0.870. The summed E-state index contributed by atoms with van der Waals surface area (Å²) in [6.45, 7) is 2.14. The van der Waals surface area contributed by atoms with Crippen LogP contribution in [0.15, 0.2) is 10.7 Å². The van der Waals surface area contributed by atoms with Gasteiger partial charge in [0.25, 0.3) is 0 Å². The maximum absolute atomic E-state index is 9.31. The number of rotatable bonds is 3. The Morgan fingerprint density at radius 3 is 3.09 bits per heavy atom. The van der Waals surface area contributed by atoms with Crippen LogP contribution >= 0.6 is 0 Å². The van der Waals surface area contributed by atoms with E-state index >= 15 is 0 Å². The summed E-state index contributed by atoms with van der Waals surface area (Å²) in [5.41, 5.74) is 5.97. The number of aromatic nitrogens is 1. The molecule has 1 unspecified atom stereocenters. The predicted octanol–water partition coefficient (Wildman–Crippen LogP) is 0.229. The second kappa shape index (κ2) is 3.50. The highest BCUT2D eigenvalue weighted by Crippen LogP contribution is 2.16. The smallest absolute Gasteiger partial charge is 0.142 e. The number of aryl methyl sites for hydroxylation is 1. The maximum Gasteiger partial charge on any atom is 0.142 e. The SMILES string of the molecule is CCc1oncc1C(O)CN. The molecule has 1 heterocycles. The van der Waals surface area contributed by atoms with E-state index < -0.39 is 6.10 Å². The van der Waals surface area contributed by atoms with Gasteiger partial charge in [0.15, 0.2) is 0 Å². The number of nitrogens with two attached hydrogens (primary N) is 1. The van der Waals surface area contributed by atoms with Gasteiger partial charge in [-0.15, -0.1) is 0 Å². The molecule has 0 amide bonds. The van der Waals surface area contributed by atoms with Crippen molar-refractivity contribution in [2.24, 2.45) is 5.73 Å². The van der Waals surface area contributed by atoms with E-state index in [9.17, 15) is 5.11 Å². The third-order valence-corrected chi connectivity index (χ3v) is 1.58. The lowest BCUT2D eigenvalue weighted by Gasteiger charge is -2.04. The molecule has 0 bridgehead atoms. The molecule has 0 spiro atoms. The molecule has 0 saturated heterocycles. The van der Waals surface area contributed by atoms with Gasteiger partial charge in [-0.05, 0) is 0 Å². The summed E-state index contributed by atoms with van der Waals surface area (Å²) in [4.78, 5) is 0. The van der Waals surface area contributed by atoms with Crippen LogP contribution in [-0.4, -0.2) is 16.8 Å². The Kier molecular flexibility index (Phi) is 2.62. The highest BCUT2D eigenvalue weighted by atomic mass is 16.5. The van der Waals surface area contributed by atoms with E-state index in [1.165, 1.54) is 6.20 Å². The highest BCUT2D eigenvalue weighted by molar-refractivity contribution is 5.16. The maximum atomic E-state index is 9.31. The second-order valence-electron chi connectivity index (χ2n) is 2.31. The van der Waals surface area contributed by atoms with Gasteiger partial charge in [-0.25, -0.2) is 0 Å². The van der Waals surface area contributed by atoms with Gasteiger partial charge in [0, 0.05) is 18.5 Å². The largest absolute Gasteiger partial charge is 0.387 e. The molecule has 0 aliphatic carbocycles. The van der Waals surface area contributed by atoms with Crippen molar-refractivity contribution >= 4 is 0 Å². The van der Waals surface area contributed by atoms with Gasteiger partial charge in [-0.2, -0.15) is 0 Å². The molecule has 3 N–H and O–H groups in total. The van der Waals surface area contributed by atoms with Crippen LogP contribution in [0.4, 0.5) is 0 Å². The van der Waals surface area contributed by atoms with Crippen LogP contribution in [0.1, 0.15) is 24.4 Å². The molecule has 1 atom stereocenters. The van der Waals surface area contributed by atoms with Crippen LogP contribution in [0.25, 0.3) is 0 Å². The number of hydrogen-bond acceptors (Lipinski definition) is 4. The summed E-state index contributed by atoms with van der Waals surface area (Å²) in [5, 5.41) is 12.9. The van der Waals surface area contributed by atoms with E-state index in [-0.39, 0.29) is 6.54 Å². The Labute approximate surface area is 65.0 Å². The minimum absolute atomic E-state index is 0.203. The van der Waals surface area contributed by atoms with Crippen LogP contribution in [0.3, 0.4) is 0 Å². The average molecular weight is 156 g/mol. The molecular formula is C7H12N2O2. The average Bonchev–Trinajstić information content (AvgIpc) is 2.50. The molecule has 1 rings (SSSR count). The third-order valence-electron chi connectivity index (χ3n) is 1.58. The molecule has 1 aromatic heterocycles. The van der Waals surface area contributed by atoms with Crippen molar-refractivity contribution in [3.63, 3.8) is 0 Å². The second-order valence-corrected chi connectivity index (χ2v) is 2.31. The predicted molar refractivity (Wildman–Crippen MR) is 39.9 cm³/mol. The number of aliphatic hydroxyl groups excluding tert-OH is 1. The molecule has 11 heavy (non-hydrogen) atoms. The van der Waals surface area contributed by atoms with Gasteiger partial charge in [-0.3, -0.25) is 0 Å². The van der Waals surface area contributed by atoms with Gasteiger partial charge >= 0.3 is 0 Å². The fourth-order valence-electron chi connectivity index (χ4n) is 0.939. The van der Waals surface area contributed by atoms with E-state index in [1.54, 1.807) is 0 Å². The first kappa shape index (κ1) is 8.23. The third kappa shape index (κ3) is 1.58. The molecule has 4 nitrogen and oxygen atoms in total. The fraction of sp³-hybridized carbons (Fsp3) is 0.571. The molecule has 0 fully saturated rings. The number of hydrogen-bond donors (Lipinski definition) is 2. The molecule has 0 aliphatic rings. The van der Waals surface area contributed by atoms with Crippen molar-refractivity contribution in [2.45, 2.75) is 19.4 Å². The summed E-state index contributed by atoms with van der Waals surface area (Å²) < 4.78 is 4.87. The summed E-state index contributed by atoms with van der Waals surface area (Å²) >= 11 is 0. The summed E-state index contributed by atoms with van der Waals surface area (Å²) in [7, 11) is 0. The zero-order valence-corrected chi connectivity index (χ0v) is 6.45. The van der Waals surface area contributed by atoms with Crippen molar-refractivity contribution < 1.29 is 9.63 Å². The lowest BCUT2D eigenvalue weighted by Crippen LogP contribution is -2.12. The molecule has 62 valence electrons. The first-order chi connectivity index (χ1) is 5.29. The van der Waals surface area contributed by atoms with Gasteiger partial charge in [-0.1, -0.05) is 12.1 Å². The highest BCUT2D eigenvalue weighted by Gasteiger charge is 2.13. The summed E-state index contributed by atoms with van der Waals surface area (Å²) in [6, 6.07) is 0. The fourth-order valence-corrected chi connectivity index (χ4v) is 0.939. The lowest BCUT2D eigenvalue weighted by molar-refractivity contribution is 0.184. The molecule has 0 saturated carbocycles. The Bertz CT molecular complexity index is 222. The van der Waals surface area contributed by atoms with Crippen molar-refractivity contribution in [3.8, 4) is 0 Å². The monoisotopic (exact) mass is 156 g/mol. The van der Waals surface area contributed by atoms with Crippen molar-refractivity contribution in [3.05, 3.63) is 17.5 Å². The number of nitrogens with zero attached hydrogens (tertiary/aromatic N) is 1. The van der Waals surface area contributed by atoms with Gasteiger partial charge in [0.1, 0.15) is 5.76 Å². The van der Waals surface area contributed by atoms with Gasteiger partial charge in [0.2, 0.25) is 0 Å². The zero-order valence-electron chi connectivity index (χ0n) is 6.45. The Morgan fingerprint density at radius 2 is 2.55 bits per heavy atom. The van der Waals surface area contributed by atoms with Crippen molar-refractivity contribution in [1.82, 2.24) is 5.16 Å². The molecule has 4 heteroatoms. The summed E-state index contributed by atoms with van der Waals surface area (Å²) in [5.74, 6) is 0.711. The summed E-state index contributed by atoms with van der Waals surface area (Å²) in [6.07, 6.45) is 1.60. The lowest BCUT2D eigenvalue weighted by atomic mass is 10.1. The molecular weight excluding hydrogens is 144 g/mol. The van der Waals surface area contributed by atoms with Crippen LogP contribution in [0, 0.1) is 0 Å². The molecule has 0 aromatic carbocycles. The number of aliphatic hydroxyl groups is 1. The van der Waals surface area contributed by atoms with Crippen LogP contribution in [0.5, 0.6) is 0 Å². The zero-order chi connectivity index (χ0) is 8.27. The standard InChI is InChI=1S/C7H12N2O2/c1-2-7-5(4-9-11-7)6(10)3-8/h4,6,10H,2-3,8H2,1H3. The van der Waals surface area contributed by atoms with Crippen LogP contribution in [0.2, 0.25) is 0 Å². The molecule has 1 aromatic rings. The van der Waals surface area contributed by atoms with Crippen LogP contribution < -0.4 is 5.73 Å². The molecule has 0 aliphatic heterocycles. The van der Waals surface area contributed by atoms with Gasteiger partial charge < -0.3 is 15.4 Å². The Balaban J connectivity index is 2.83. The van der Waals surface area contributed by atoms with E-state index in [1.807, 2.05) is 6.92 Å². The minimum atomic E-state index is -0.642. The normalized spacial score (nSPS) is 13.4. The van der Waals surface area contributed by atoms with E-state index in [2.05, 4.69) is 5.16 Å². The molecule has 0 radical (unpaired) electrons. The first-order valence-electron chi connectivity index (χ1n) is 3.61. The minimum Gasteiger partial charge on any atom is -0.387 e. The first-order valence-corrected chi connectivity index (χ1v) is 3.61. The van der Waals surface area contributed by atoms with E-state index in [4.69, 9.17) is 10.3 Å². The quantitative estimate of drug-likeness (QED) is 0.657. The van der Waals surface area contributed by atoms with E-state index in [0.717, 1.165) is 6.42 Å². The van der Waals surface area contributed by atoms with E-state index in [0.29, 0.717) is 11.3 Å². The van der Waals surface area contributed by atoms with Crippen LogP contribution in [-0.2, 0) is 6.42 Å². The van der Waals surface area contributed by atoms with Crippen molar-refractivity contribution in [1.29, 1.82) is 0 Å². The van der Waals surface area contributed by atoms with Gasteiger partial charge in [0.05, 0.1) is 12.3 Å². The topological polar surface area (TPSA) is 72.3 Å². The Morgan fingerprint density at radius 1 is 1.82 bits per heavy atom. The van der Waals surface area contributed by atoms with Crippen molar-refractivity contribution in [2.75, 3.05) is 6.54 Å².